The van der Waals surface area contributed by atoms with Crippen molar-refractivity contribution in [2.45, 2.75) is 19.8 Å². The average Bonchev–Trinajstić information content (AvgIpc) is 2.33. The van der Waals surface area contributed by atoms with Crippen molar-refractivity contribution in [3.05, 3.63) is 17.8 Å². The molecule has 0 saturated carbocycles. The van der Waals surface area contributed by atoms with E-state index >= 15 is 0 Å². The van der Waals surface area contributed by atoms with Gasteiger partial charge in [-0.1, -0.05) is 5.16 Å². The molecule has 0 aliphatic carbocycles. The third-order valence-corrected chi connectivity index (χ3v) is 2.73. The largest absolute Gasteiger partial charge is 0.411 e. The number of oxime groups is 1. The van der Waals surface area contributed by atoms with Gasteiger partial charge in [0.1, 0.15) is 6.33 Å². The van der Waals surface area contributed by atoms with Crippen LogP contribution in [0.5, 0.6) is 0 Å². The number of piperidine rings is 1. The highest BCUT2D eigenvalue weighted by atomic mass is 19.1. The van der Waals surface area contributed by atoms with Crippen LogP contribution in [0, 0.1) is 12.7 Å². The van der Waals surface area contributed by atoms with Crippen LogP contribution < -0.4 is 4.90 Å². The van der Waals surface area contributed by atoms with Gasteiger partial charge < -0.3 is 10.1 Å². The summed E-state index contributed by atoms with van der Waals surface area (Å²) in [6, 6.07) is 0. The van der Waals surface area contributed by atoms with Gasteiger partial charge in [-0.2, -0.15) is 0 Å². The average molecular weight is 224 g/mol. The topological polar surface area (TPSA) is 61.6 Å². The zero-order valence-electron chi connectivity index (χ0n) is 9.02. The van der Waals surface area contributed by atoms with E-state index in [1.54, 1.807) is 6.92 Å². The molecule has 0 amide bonds. The first-order valence-corrected chi connectivity index (χ1v) is 5.14. The van der Waals surface area contributed by atoms with E-state index in [-0.39, 0.29) is 5.82 Å². The number of anilines is 1. The summed E-state index contributed by atoms with van der Waals surface area (Å²) in [4.78, 5) is 9.59. The molecular formula is C10H13FN4O. The Kier molecular flexibility index (Phi) is 2.98. The molecule has 1 aromatic heterocycles. The van der Waals surface area contributed by atoms with E-state index in [0.29, 0.717) is 37.4 Å². The molecule has 0 unspecified atom stereocenters. The van der Waals surface area contributed by atoms with Crippen LogP contribution in [-0.2, 0) is 0 Å². The molecule has 5 nitrogen and oxygen atoms in total. The molecule has 0 aromatic carbocycles. The molecule has 2 heterocycles. The number of halogens is 1. The lowest BCUT2D eigenvalue weighted by Gasteiger charge is -2.28. The summed E-state index contributed by atoms with van der Waals surface area (Å²) in [6.45, 7) is 2.85. The van der Waals surface area contributed by atoms with Gasteiger partial charge in [-0.05, 0) is 6.92 Å². The molecule has 1 N–H and O–H groups in total. The molecule has 1 fully saturated rings. The third-order valence-electron chi connectivity index (χ3n) is 2.73. The number of rotatable bonds is 1. The predicted molar refractivity (Wildman–Crippen MR) is 57.4 cm³/mol. The van der Waals surface area contributed by atoms with Crippen LogP contribution in [0.4, 0.5) is 10.2 Å². The van der Waals surface area contributed by atoms with Crippen molar-refractivity contribution in [3.8, 4) is 0 Å². The van der Waals surface area contributed by atoms with Gasteiger partial charge in [0.05, 0.1) is 11.4 Å². The molecule has 1 aliphatic rings. The van der Waals surface area contributed by atoms with Crippen molar-refractivity contribution in [1.29, 1.82) is 0 Å². The number of hydrogen-bond donors (Lipinski definition) is 1. The fourth-order valence-corrected chi connectivity index (χ4v) is 1.74. The van der Waals surface area contributed by atoms with Crippen LogP contribution in [0.2, 0.25) is 0 Å². The van der Waals surface area contributed by atoms with E-state index in [1.165, 1.54) is 6.33 Å². The Bertz CT molecular complexity index is 411. The maximum Gasteiger partial charge on any atom is 0.186 e. The van der Waals surface area contributed by atoms with Gasteiger partial charge in [-0.15, -0.1) is 0 Å². The van der Waals surface area contributed by atoms with Gasteiger partial charge >= 0.3 is 0 Å². The summed E-state index contributed by atoms with van der Waals surface area (Å²) in [5, 5.41) is 11.8. The monoisotopic (exact) mass is 224 g/mol. The molecule has 2 rings (SSSR count). The molecule has 1 aromatic rings. The Morgan fingerprint density at radius 1 is 1.38 bits per heavy atom. The van der Waals surface area contributed by atoms with Crippen LogP contribution in [0.1, 0.15) is 18.5 Å². The molecular weight excluding hydrogens is 211 g/mol. The van der Waals surface area contributed by atoms with Crippen molar-refractivity contribution in [3.63, 3.8) is 0 Å². The van der Waals surface area contributed by atoms with E-state index in [1.807, 2.05) is 4.90 Å². The minimum atomic E-state index is -0.369. The van der Waals surface area contributed by atoms with Crippen LogP contribution in [0.15, 0.2) is 11.5 Å². The molecule has 0 radical (unpaired) electrons. The lowest BCUT2D eigenvalue weighted by molar-refractivity contribution is 0.315. The Labute approximate surface area is 92.6 Å². The van der Waals surface area contributed by atoms with Crippen molar-refractivity contribution in [2.75, 3.05) is 18.0 Å². The number of aromatic nitrogens is 2. The van der Waals surface area contributed by atoms with Crippen LogP contribution in [0.3, 0.4) is 0 Å². The van der Waals surface area contributed by atoms with E-state index in [9.17, 15) is 4.39 Å². The van der Waals surface area contributed by atoms with Crippen LogP contribution in [0.25, 0.3) is 0 Å². The molecule has 1 aliphatic heterocycles. The summed E-state index contributed by atoms with van der Waals surface area (Å²) in [5.41, 5.74) is 1.11. The van der Waals surface area contributed by atoms with Gasteiger partial charge in [0.25, 0.3) is 0 Å². The molecule has 0 atom stereocenters. The SMILES string of the molecule is Cc1ncnc(N2CCC(=NO)CC2)c1F. The Morgan fingerprint density at radius 3 is 2.69 bits per heavy atom. The first-order valence-electron chi connectivity index (χ1n) is 5.14. The molecule has 6 heteroatoms. The lowest BCUT2D eigenvalue weighted by Crippen LogP contribution is -2.35. The smallest absolute Gasteiger partial charge is 0.186 e. The van der Waals surface area contributed by atoms with E-state index in [4.69, 9.17) is 5.21 Å². The van der Waals surface area contributed by atoms with Gasteiger partial charge in [0.2, 0.25) is 0 Å². The fraction of sp³-hybridized carbons (Fsp3) is 0.500. The Hall–Kier alpha value is -1.72. The summed E-state index contributed by atoms with van der Waals surface area (Å²) in [5.74, 6) is -0.0311. The van der Waals surface area contributed by atoms with E-state index in [0.717, 1.165) is 5.71 Å². The standard InChI is InChI=1S/C10H13FN4O/c1-7-9(11)10(13-6-12-7)15-4-2-8(14-16)3-5-15/h6,16H,2-5H2,1H3. The van der Waals surface area contributed by atoms with Crippen molar-refractivity contribution < 1.29 is 9.60 Å². The summed E-state index contributed by atoms with van der Waals surface area (Å²) >= 11 is 0. The summed E-state index contributed by atoms with van der Waals surface area (Å²) in [6.07, 6.45) is 2.64. The first kappa shape index (κ1) is 10.8. The van der Waals surface area contributed by atoms with Gasteiger partial charge in [-0.25, -0.2) is 14.4 Å². The minimum Gasteiger partial charge on any atom is -0.411 e. The second-order valence-electron chi connectivity index (χ2n) is 3.75. The summed E-state index contributed by atoms with van der Waals surface area (Å²) in [7, 11) is 0. The quantitative estimate of drug-likeness (QED) is 0.578. The Balaban J connectivity index is 2.17. The zero-order valence-corrected chi connectivity index (χ0v) is 9.02. The highest BCUT2D eigenvalue weighted by Gasteiger charge is 2.20. The minimum absolute atomic E-state index is 0.337. The summed E-state index contributed by atoms with van der Waals surface area (Å²) < 4.78 is 13.7. The molecule has 86 valence electrons. The normalized spacial score (nSPS) is 16.4. The fourth-order valence-electron chi connectivity index (χ4n) is 1.74. The first-order chi connectivity index (χ1) is 7.72. The van der Waals surface area contributed by atoms with Gasteiger partial charge in [0, 0.05) is 25.9 Å². The maximum atomic E-state index is 13.7. The number of aryl methyl sites for hydroxylation is 1. The van der Waals surface area contributed by atoms with E-state index in [2.05, 4.69) is 15.1 Å². The Morgan fingerprint density at radius 2 is 2.06 bits per heavy atom. The number of hydrogen-bond acceptors (Lipinski definition) is 5. The molecule has 1 saturated heterocycles. The maximum absolute atomic E-state index is 13.7. The third kappa shape index (κ3) is 1.95. The second kappa shape index (κ2) is 4.42. The van der Waals surface area contributed by atoms with Gasteiger partial charge in [-0.3, -0.25) is 0 Å². The molecule has 16 heavy (non-hydrogen) atoms. The van der Waals surface area contributed by atoms with Gasteiger partial charge in [0.15, 0.2) is 11.6 Å². The lowest BCUT2D eigenvalue weighted by atomic mass is 10.1. The highest BCUT2D eigenvalue weighted by molar-refractivity contribution is 5.86. The van der Waals surface area contributed by atoms with Crippen molar-refractivity contribution in [1.82, 2.24) is 9.97 Å². The van der Waals surface area contributed by atoms with Crippen LogP contribution >= 0.6 is 0 Å². The van der Waals surface area contributed by atoms with Crippen molar-refractivity contribution in [2.24, 2.45) is 5.16 Å². The second-order valence-corrected chi connectivity index (χ2v) is 3.75. The molecule has 0 spiro atoms. The van der Waals surface area contributed by atoms with E-state index < -0.39 is 0 Å². The predicted octanol–water partition coefficient (Wildman–Crippen LogP) is 1.35. The molecule has 0 bridgehead atoms. The van der Waals surface area contributed by atoms with Crippen molar-refractivity contribution >= 4 is 11.5 Å². The van der Waals surface area contributed by atoms with Crippen LogP contribution in [-0.4, -0.2) is 34.0 Å². The zero-order chi connectivity index (χ0) is 11.5. The highest BCUT2D eigenvalue weighted by Crippen LogP contribution is 2.20. The number of nitrogens with zero attached hydrogens (tertiary/aromatic N) is 4.